The third-order valence-corrected chi connectivity index (χ3v) is 3.30. The van der Waals surface area contributed by atoms with Gasteiger partial charge in [-0.15, -0.1) is 0 Å². The SMILES string of the molecule is C=C/C=C1\C(=O)N(C)CC12C=CC(OC)C=C2. The van der Waals surface area contributed by atoms with Crippen LogP contribution in [0.3, 0.4) is 0 Å². The summed E-state index contributed by atoms with van der Waals surface area (Å²) in [6.07, 6.45) is 11.6. The maximum absolute atomic E-state index is 12.0. The van der Waals surface area contributed by atoms with Crippen LogP contribution in [0.2, 0.25) is 0 Å². The average molecular weight is 231 g/mol. The van der Waals surface area contributed by atoms with E-state index in [4.69, 9.17) is 4.74 Å². The molecule has 17 heavy (non-hydrogen) atoms. The van der Waals surface area contributed by atoms with Crippen molar-refractivity contribution in [2.45, 2.75) is 6.10 Å². The van der Waals surface area contributed by atoms with E-state index in [0.717, 1.165) is 5.57 Å². The van der Waals surface area contributed by atoms with Crippen LogP contribution in [0.1, 0.15) is 0 Å². The topological polar surface area (TPSA) is 29.5 Å². The minimum Gasteiger partial charge on any atom is -0.373 e. The lowest BCUT2D eigenvalue weighted by atomic mass is 9.78. The molecule has 1 heterocycles. The van der Waals surface area contributed by atoms with Gasteiger partial charge in [0, 0.05) is 26.3 Å². The normalized spacial score (nSPS) is 34.0. The molecule has 90 valence electrons. The van der Waals surface area contributed by atoms with E-state index in [1.165, 1.54) is 0 Å². The van der Waals surface area contributed by atoms with E-state index in [0.29, 0.717) is 6.54 Å². The molecule has 0 bridgehead atoms. The number of carbonyl (C=O) groups excluding carboxylic acids is 1. The molecule has 3 heteroatoms. The lowest BCUT2D eigenvalue weighted by molar-refractivity contribution is -0.123. The summed E-state index contributed by atoms with van der Waals surface area (Å²) in [5, 5.41) is 0. The van der Waals surface area contributed by atoms with Crippen molar-refractivity contribution in [2.24, 2.45) is 5.41 Å². The Morgan fingerprint density at radius 3 is 2.71 bits per heavy atom. The number of amides is 1. The molecule has 0 aromatic heterocycles. The Hall–Kier alpha value is -1.61. The Morgan fingerprint density at radius 1 is 1.53 bits per heavy atom. The van der Waals surface area contributed by atoms with Gasteiger partial charge in [-0.1, -0.05) is 43.0 Å². The molecule has 0 radical (unpaired) electrons. The van der Waals surface area contributed by atoms with Gasteiger partial charge >= 0.3 is 0 Å². The van der Waals surface area contributed by atoms with Crippen molar-refractivity contribution in [2.75, 3.05) is 20.7 Å². The molecule has 0 atom stereocenters. The molecule has 3 nitrogen and oxygen atoms in total. The van der Waals surface area contributed by atoms with Crippen molar-refractivity contribution < 1.29 is 9.53 Å². The summed E-state index contributed by atoms with van der Waals surface area (Å²) < 4.78 is 5.23. The minimum atomic E-state index is -0.310. The van der Waals surface area contributed by atoms with Gasteiger partial charge in [-0.2, -0.15) is 0 Å². The van der Waals surface area contributed by atoms with Gasteiger partial charge in [-0.3, -0.25) is 4.79 Å². The molecule has 0 unspecified atom stereocenters. The lowest BCUT2D eigenvalue weighted by Gasteiger charge is -2.26. The molecular weight excluding hydrogens is 214 g/mol. The highest BCUT2D eigenvalue weighted by molar-refractivity contribution is 5.98. The summed E-state index contributed by atoms with van der Waals surface area (Å²) in [6, 6.07) is 0. The van der Waals surface area contributed by atoms with Crippen LogP contribution in [0.15, 0.2) is 48.6 Å². The summed E-state index contributed by atoms with van der Waals surface area (Å²) in [4.78, 5) is 13.8. The third kappa shape index (κ3) is 1.87. The summed E-state index contributed by atoms with van der Waals surface area (Å²) >= 11 is 0. The Bertz CT molecular complexity index is 418. The van der Waals surface area contributed by atoms with Gasteiger partial charge in [0.05, 0.1) is 11.5 Å². The second kappa shape index (κ2) is 4.34. The maximum Gasteiger partial charge on any atom is 0.250 e. The van der Waals surface area contributed by atoms with E-state index in [2.05, 4.69) is 18.7 Å². The molecule has 0 saturated carbocycles. The lowest BCUT2D eigenvalue weighted by Crippen LogP contribution is -2.25. The molecule has 2 rings (SSSR count). The Labute approximate surface area is 102 Å². The van der Waals surface area contributed by atoms with Gasteiger partial charge in [0.15, 0.2) is 0 Å². The minimum absolute atomic E-state index is 0.00612. The third-order valence-electron chi connectivity index (χ3n) is 3.30. The van der Waals surface area contributed by atoms with E-state index in [-0.39, 0.29) is 17.4 Å². The van der Waals surface area contributed by atoms with E-state index in [1.807, 2.05) is 19.2 Å². The van der Waals surface area contributed by atoms with Gasteiger partial charge < -0.3 is 9.64 Å². The number of allylic oxidation sites excluding steroid dienone is 2. The van der Waals surface area contributed by atoms with Gasteiger partial charge in [0.25, 0.3) is 5.91 Å². The fourth-order valence-corrected chi connectivity index (χ4v) is 2.39. The smallest absolute Gasteiger partial charge is 0.250 e. The van der Waals surface area contributed by atoms with E-state index < -0.39 is 0 Å². The first-order chi connectivity index (χ1) is 8.13. The molecule has 1 saturated heterocycles. The quantitative estimate of drug-likeness (QED) is 0.535. The van der Waals surface area contributed by atoms with Crippen LogP contribution in [0.5, 0.6) is 0 Å². The van der Waals surface area contributed by atoms with E-state index in [1.54, 1.807) is 24.2 Å². The maximum atomic E-state index is 12.0. The highest BCUT2D eigenvalue weighted by Crippen LogP contribution is 2.40. The van der Waals surface area contributed by atoms with Gasteiger partial charge in [0.1, 0.15) is 0 Å². The van der Waals surface area contributed by atoms with Crippen molar-refractivity contribution >= 4 is 5.91 Å². The number of rotatable bonds is 2. The molecule has 1 aliphatic heterocycles. The zero-order chi connectivity index (χ0) is 12.5. The first-order valence-electron chi connectivity index (χ1n) is 5.63. The van der Waals surface area contributed by atoms with Crippen molar-refractivity contribution in [3.63, 3.8) is 0 Å². The zero-order valence-electron chi connectivity index (χ0n) is 10.2. The molecule has 1 fully saturated rings. The van der Waals surface area contributed by atoms with Crippen molar-refractivity contribution in [3.8, 4) is 0 Å². The second-order valence-electron chi connectivity index (χ2n) is 4.44. The Balaban J connectivity index is 2.38. The Morgan fingerprint density at radius 2 is 2.18 bits per heavy atom. The predicted octanol–water partition coefficient (Wildman–Crippen LogP) is 1.70. The van der Waals surface area contributed by atoms with Crippen molar-refractivity contribution in [1.29, 1.82) is 0 Å². The molecule has 0 N–H and O–H groups in total. The number of hydrogen-bond donors (Lipinski definition) is 0. The molecule has 0 aromatic carbocycles. The summed E-state index contributed by atoms with van der Waals surface area (Å²) in [5.41, 5.74) is 0.465. The molecule has 1 amide bonds. The number of likely N-dealkylation sites (N-methyl/N-ethyl adjacent to an activating group) is 1. The van der Waals surface area contributed by atoms with Crippen LogP contribution in [-0.2, 0) is 9.53 Å². The first-order valence-corrected chi connectivity index (χ1v) is 5.63. The summed E-state index contributed by atoms with van der Waals surface area (Å²) in [5.74, 6) is 0.0649. The van der Waals surface area contributed by atoms with E-state index in [9.17, 15) is 4.79 Å². The van der Waals surface area contributed by atoms with Crippen molar-refractivity contribution in [1.82, 2.24) is 4.90 Å². The van der Waals surface area contributed by atoms with Crippen molar-refractivity contribution in [3.05, 3.63) is 48.6 Å². The Kier molecular flexibility index (Phi) is 3.03. The van der Waals surface area contributed by atoms with Gasteiger partial charge in [0.2, 0.25) is 0 Å². The van der Waals surface area contributed by atoms with Crippen LogP contribution in [0.4, 0.5) is 0 Å². The summed E-state index contributed by atoms with van der Waals surface area (Å²) in [7, 11) is 3.49. The van der Waals surface area contributed by atoms with Crippen LogP contribution in [-0.4, -0.2) is 37.6 Å². The fourth-order valence-electron chi connectivity index (χ4n) is 2.39. The highest BCUT2D eigenvalue weighted by Gasteiger charge is 2.43. The van der Waals surface area contributed by atoms with Crippen LogP contribution >= 0.6 is 0 Å². The van der Waals surface area contributed by atoms with Gasteiger partial charge in [-0.05, 0) is 0 Å². The standard InChI is InChI=1S/C14H17NO2/c1-4-5-12-13(16)15(2)10-14(12)8-6-11(17-3)7-9-14/h4-9,11H,1,10H2,2-3H3/b12-5+. The predicted molar refractivity (Wildman–Crippen MR) is 67.4 cm³/mol. The fraction of sp³-hybridized carbons (Fsp3) is 0.357. The number of methoxy groups -OCH3 is 1. The number of carbonyl (C=O) groups is 1. The first kappa shape index (κ1) is 11.9. The largest absolute Gasteiger partial charge is 0.373 e. The number of nitrogens with zero attached hydrogens (tertiary/aromatic N) is 1. The summed E-state index contributed by atoms with van der Waals surface area (Å²) in [6.45, 7) is 4.35. The number of ether oxygens (including phenoxy) is 1. The van der Waals surface area contributed by atoms with E-state index >= 15 is 0 Å². The molecule has 2 aliphatic rings. The molecule has 0 aromatic rings. The molecule has 1 aliphatic carbocycles. The monoisotopic (exact) mass is 231 g/mol. The number of likely N-dealkylation sites (tertiary alicyclic amines) is 1. The zero-order valence-corrected chi connectivity index (χ0v) is 10.2. The number of hydrogen-bond acceptors (Lipinski definition) is 2. The second-order valence-corrected chi connectivity index (χ2v) is 4.44. The van der Waals surface area contributed by atoms with Crippen LogP contribution in [0.25, 0.3) is 0 Å². The molecular formula is C14H17NO2. The van der Waals surface area contributed by atoms with Crippen LogP contribution < -0.4 is 0 Å². The van der Waals surface area contributed by atoms with Gasteiger partial charge in [-0.25, -0.2) is 0 Å². The molecule has 1 spiro atoms. The van der Waals surface area contributed by atoms with Crippen LogP contribution in [0, 0.1) is 5.41 Å². The highest BCUT2D eigenvalue weighted by atomic mass is 16.5. The average Bonchev–Trinajstić information content (AvgIpc) is 2.56.